The first-order valence-electron chi connectivity index (χ1n) is 5.99. The van der Waals surface area contributed by atoms with Crippen molar-refractivity contribution in [3.63, 3.8) is 0 Å². The summed E-state index contributed by atoms with van der Waals surface area (Å²) < 4.78 is 5.39. The molecule has 0 saturated heterocycles. The van der Waals surface area contributed by atoms with E-state index in [-0.39, 0.29) is 12.1 Å². The smallest absolute Gasteiger partial charge is 0.333 e. The van der Waals surface area contributed by atoms with Crippen molar-refractivity contribution in [1.29, 1.82) is 0 Å². The third kappa shape index (κ3) is 6.32. The Hall–Kier alpha value is -0.790. The van der Waals surface area contributed by atoms with Gasteiger partial charge in [-0.25, -0.2) is 4.79 Å². The van der Waals surface area contributed by atoms with Gasteiger partial charge in [-0.3, -0.25) is 0 Å². The van der Waals surface area contributed by atoms with Gasteiger partial charge in [0, 0.05) is 5.57 Å². The highest BCUT2D eigenvalue weighted by Crippen LogP contribution is 2.12. The molecule has 15 heavy (non-hydrogen) atoms. The van der Waals surface area contributed by atoms with E-state index in [1.165, 1.54) is 12.8 Å². The molecule has 0 heterocycles. The molecular formula is C13H24O2. The number of allylic oxidation sites excluding steroid dienone is 1. The molecule has 0 aromatic heterocycles. The maximum atomic E-state index is 11.5. The summed E-state index contributed by atoms with van der Waals surface area (Å²) in [4.78, 5) is 11.5. The molecule has 0 bridgehead atoms. The highest BCUT2D eigenvalue weighted by atomic mass is 16.5. The molecule has 0 aromatic rings. The number of esters is 1. The quantitative estimate of drug-likeness (QED) is 0.364. The second kappa shape index (κ2) is 8.51. The highest BCUT2D eigenvalue weighted by molar-refractivity contribution is 5.87. The molecule has 0 saturated carbocycles. The maximum absolute atomic E-state index is 11.5. The van der Waals surface area contributed by atoms with E-state index in [2.05, 4.69) is 13.8 Å². The third-order valence-corrected chi connectivity index (χ3v) is 2.61. The van der Waals surface area contributed by atoms with E-state index in [0.717, 1.165) is 19.3 Å². The van der Waals surface area contributed by atoms with Crippen LogP contribution in [0.25, 0.3) is 0 Å². The molecular weight excluding hydrogens is 188 g/mol. The fraction of sp³-hybridized carbons (Fsp3) is 0.769. The van der Waals surface area contributed by atoms with E-state index >= 15 is 0 Å². The highest BCUT2D eigenvalue weighted by Gasteiger charge is 2.12. The monoisotopic (exact) mass is 212 g/mol. The summed E-state index contributed by atoms with van der Waals surface area (Å²) in [6, 6.07) is 0. The molecule has 0 rings (SSSR count). The summed E-state index contributed by atoms with van der Waals surface area (Å²) in [6.07, 6.45) is 7.37. The van der Waals surface area contributed by atoms with E-state index in [1.54, 1.807) is 13.0 Å². The molecule has 2 nitrogen and oxygen atoms in total. The average Bonchev–Trinajstić information content (AvgIpc) is 2.26. The Morgan fingerprint density at radius 2 is 2.00 bits per heavy atom. The van der Waals surface area contributed by atoms with E-state index in [0.29, 0.717) is 5.57 Å². The largest absolute Gasteiger partial charge is 0.459 e. The van der Waals surface area contributed by atoms with Crippen LogP contribution in [0.2, 0.25) is 0 Å². The molecule has 0 aliphatic heterocycles. The zero-order valence-corrected chi connectivity index (χ0v) is 10.5. The van der Waals surface area contributed by atoms with Crippen molar-refractivity contribution in [1.82, 2.24) is 0 Å². The molecule has 0 radical (unpaired) electrons. The predicted molar refractivity (Wildman–Crippen MR) is 63.7 cm³/mol. The molecule has 88 valence electrons. The lowest BCUT2D eigenvalue weighted by Gasteiger charge is -2.16. The Balaban J connectivity index is 3.93. The van der Waals surface area contributed by atoms with Crippen LogP contribution < -0.4 is 0 Å². The van der Waals surface area contributed by atoms with Gasteiger partial charge in [0.15, 0.2) is 0 Å². The lowest BCUT2D eigenvalue weighted by molar-refractivity contribution is -0.144. The van der Waals surface area contributed by atoms with Crippen LogP contribution in [0.1, 0.15) is 59.8 Å². The van der Waals surface area contributed by atoms with Crippen molar-refractivity contribution < 1.29 is 9.53 Å². The molecule has 0 fully saturated rings. The number of hydrogen-bond donors (Lipinski definition) is 0. The zero-order valence-electron chi connectivity index (χ0n) is 10.5. The van der Waals surface area contributed by atoms with Crippen molar-refractivity contribution in [2.24, 2.45) is 0 Å². The normalized spacial score (nSPS) is 13.7. The van der Waals surface area contributed by atoms with Gasteiger partial charge < -0.3 is 4.74 Å². The number of hydrogen-bond acceptors (Lipinski definition) is 2. The SMILES string of the molecule is C/C=C(/C)C(=O)O[C@@H](CC)CCCCC. The van der Waals surface area contributed by atoms with Gasteiger partial charge in [-0.1, -0.05) is 32.8 Å². The van der Waals surface area contributed by atoms with E-state index in [9.17, 15) is 4.79 Å². The molecule has 0 aromatic carbocycles. The van der Waals surface area contributed by atoms with Crippen LogP contribution in [-0.2, 0) is 9.53 Å². The molecule has 0 aliphatic rings. The minimum absolute atomic E-state index is 0.0962. The zero-order chi connectivity index (χ0) is 11.7. The van der Waals surface area contributed by atoms with Crippen LogP contribution in [0.5, 0.6) is 0 Å². The maximum Gasteiger partial charge on any atom is 0.333 e. The van der Waals surface area contributed by atoms with Gasteiger partial charge in [0.1, 0.15) is 6.10 Å². The Morgan fingerprint density at radius 3 is 2.47 bits per heavy atom. The third-order valence-electron chi connectivity index (χ3n) is 2.61. The predicted octanol–water partition coefficient (Wildman–Crippen LogP) is 3.85. The molecule has 0 unspecified atom stereocenters. The minimum Gasteiger partial charge on any atom is -0.459 e. The number of rotatable bonds is 7. The van der Waals surface area contributed by atoms with Crippen molar-refractivity contribution in [2.45, 2.75) is 65.9 Å². The van der Waals surface area contributed by atoms with Gasteiger partial charge in [0.25, 0.3) is 0 Å². The number of carbonyl (C=O) groups excluding carboxylic acids is 1. The molecule has 0 amide bonds. The Labute approximate surface area is 93.7 Å². The first-order valence-corrected chi connectivity index (χ1v) is 5.99. The summed E-state index contributed by atoms with van der Waals surface area (Å²) in [7, 11) is 0. The van der Waals surface area contributed by atoms with Gasteiger partial charge in [-0.15, -0.1) is 0 Å². The van der Waals surface area contributed by atoms with Crippen LogP contribution in [0, 0.1) is 0 Å². The Kier molecular flexibility index (Phi) is 8.06. The van der Waals surface area contributed by atoms with Crippen molar-refractivity contribution in [3.05, 3.63) is 11.6 Å². The van der Waals surface area contributed by atoms with Gasteiger partial charge >= 0.3 is 5.97 Å². The number of ether oxygens (including phenoxy) is 1. The first kappa shape index (κ1) is 14.2. The van der Waals surface area contributed by atoms with Crippen LogP contribution in [-0.4, -0.2) is 12.1 Å². The molecule has 2 heteroatoms. The second-order valence-corrected chi connectivity index (χ2v) is 3.90. The number of carbonyl (C=O) groups is 1. The van der Waals surface area contributed by atoms with E-state index in [4.69, 9.17) is 4.74 Å². The summed E-state index contributed by atoms with van der Waals surface area (Å²) in [5.74, 6) is -0.166. The fourth-order valence-corrected chi connectivity index (χ4v) is 1.33. The van der Waals surface area contributed by atoms with Crippen LogP contribution in [0.15, 0.2) is 11.6 Å². The minimum atomic E-state index is -0.166. The fourth-order valence-electron chi connectivity index (χ4n) is 1.33. The van der Waals surface area contributed by atoms with Crippen molar-refractivity contribution >= 4 is 5.97 Å². The summed E-state index contributed by atoms with van der Waals surface area (Å²) >= 11 is 0. The lowest BCUT2D eigenvalue weighted by atomic mass is 10.1. The topological polar surface area (TPSA) is 26.3 Å². The van der Waals surface area contributed by atoms with Gasteiger partial charge in [0.05, 0.1) is 0 Å². The van der Waals surface area contributed by atoms with Crippen molar-refractivity contribution in [3.8, 4) is 0 Å². The standard InChI is InChI=1S/C13H24O2/c1-5-8-9-10-12(7-3)15-13(14)11(4)6-2/h6,12H,5,7-10H2,1-4H3/b11-6-/t12-/m0/s1. The molecule has 1 atom stereocenters. The van der Waals surface area contributed by atoms with Crippen LogP contribution in [0.3, 0.4) is 0 Å². The van der Waals surface area contributed by atoms with Gasteiger partial charge in [-0.2, -0.15) is 0 Å². The van der Waals surface area contributed by atoms with Crippen LogP contribution in [0.4, 0.5) is 0 Å². The van der Waals surface area contributed by atoms with Gasteiger partial charge in [0.2, 0.25) is 0 Å². The summed E-state index contributed by atoms with van der Waals surface area (Å²) in [5.41, 5.74) is 0.698. The van der Waals surface area contributed by atoms with E-state index in [1.807, 2.05) is 6.92 Å². The second-order valence-electron chi connectivity index (χ2n) is 3.90. The van der Waals surface area contributed by atoms with E-state index < -0.39 is 0 Å². The van der Waals surface area contributed by atoms with Crippen molar-refractivity contribution in [2.75, 3.05) is 0 Å². The first-order chi connectivity index (χ1) is 7.15. The Morgan fingerprint density at radius 1 is 1.33 bits per heavy atom. The molecule has 0 spiro atoms. The number of unbranched alkanes of at least 4 members (excludes halogenated alkanes) is 2. The molecule has 0 aliphatic carbocycles. The van der Waals surface area contributed by atoms with Crippen LogP contribution >= 0.6 is 0 Å². The average molecular weight is 212 g/mol. The summed E-state index contributed by atoms with van der Waals surface area (Å²) in [5, 5.41) is 0. The Bertz CT molecular complexity index is 207. The van der Waals surface area contributed by atoms with Gasteiger partial charge in [-0.05, 0) is 33.1 Å². The summed E-state index contributed by atoms with van der Waals surface area (Å²) in [6.45, 7) is 7.89. The molecule has 0 N–H and O–H groups in total. The lowest BCUT2D eigenvalue weighted by Crippen LogP contribution is -2.18.